The van der Waals surface area contributed by atoms with Gasteiger partial charge in [-0.05, 0) is 0 Å². The molecule has 1 aliphatic rings. The zero-order valence-electron chi connectivity index (χ0n) is 21.7. The molecule has 214 valence electrons. The molecule has 0 spiro atoms. The first-order valence-electron chi connectivity index (χ1n) is 11.8. The number of carboxylic acid groups (broad SMARTS) is 2. The Hall–Kier alpha value is -2.40. The van der Waals surface area contributed by atoms with Crippen molar-refractivity contribution < 1.29 is 53.1 Å². The summed E-state index contributed by atoms with van der Waals surface area (Å²) in [6.07, 6.45) is -0.721. The van der Waals surface area contributed by atoms with E-state index in [-0.39, 0.29) is 52.7 Å². The molecule has 1 aliphatic heterocycles. The summed E-state index contributed by atoms with van der Waals surface area (Å²) in [4.78, 5) is 53.1. The van der Waals surface area contributed by atoms with E-state index in [1.807, 2.05) is 9.80 Å². The lowest BCUT2D eigenvalue weighted by Crippen LogP contribution is -2.56. The van der Waals surface area contributed by atoms with Gasteiger partial charge in [0.1, 0.15) is 18.8 Å². The number of nitrogens with zero attached hydrogens (tertiary/aromatic N) is 4. The lowest BCUT2D eigenvalue weighted by Gasteiger charge is -2.38. The average Bonchev–Trinajstić information content (AvgIpc) is 2.86. The lowest BCUT2D eigenvalue weighted by atomic mass is 10.2. The molecule has 0 aliphatic carbocycles. The topological polar surface area (TPSA) is 168 Å². The fourth-order valence-electron chi connectivity index (χ4n) is 4.10. The number of ether oxygens (including phenoxy) is 5. The van der Waals surface area contributed by atoms with Crippen LogP contribution in [-0.2, 0) is 42.9 Å². The second kappa shape index (κ2) is 18.8. The van der Waals surface area contributed by atoms with Crippen LogP contribution in [0.25, 0.3) is 0 Å². The zero-order valence-corrected chi connectivity index (χ0v) is 21.7. The molecule has 0 bridgehead atoms. The van der Waals surface area contributed by atoms with Gasteiger partial charge in [-0.25, -0.2) is 0 Å². The third-order valence-corrected chi connectivity index (χ3v) is 6.11. The largest absolute Gasteiger partial charge is 0.480 e. The van der Waals surface area contributed by atoms with E-state index in [1.165, 1.54) is 21.3 Å². The van der Waals surface area contributed by atoms with Crippen LogP contribution in [0.3, 0.4) is 0 Å². The van der Waals surface area contributed by atoms with Crippen LogP contribution in [0.2, 0.25) is 0 Å². The van der Waals surface area contributed by atoms with Crippen molar-refractivity contribution in [2.24, 2.45) is 0 Å². The van der Waals surface area contributed by atoms with Gasteiger partial charge in [-0.3, -0.25) is 38.8 Å². The summed E-state index contributed by atoms with van der Waals surface area (Å²) in [5.74, 6) is -2.14. The SMILES string of the molecule is COCC(OC=O)N1CCN(COC=O)CCN(C(COC)C(=O)O)CCN(C(COC)C(=O)O)CC1. The van der Waals surface area contributed by atoms with Crippen molar-refractivity contribution in [3.63, 3.8) is 0 Å². The molecular weight excluding hydrogens is 496 g/mol. The van der Waals surface area contributed by atoms with E-state index in [9.17, 15) is 29.4 Å². The van der Waals surface area contributed by atoms with Crippen molar-refractivity contribution >= 4 is 24.9 Å². The lowest BCUT2D eigenvalue weighted by molar-refractivity contribution is -0.152. The second-order valence-corrected chi connectivity index (χ2v) is 8.38. The molecule has 37 heavy (non-hydrogen) atoms. The maximum absolute atomic E-state index is 12.1. The quantitative estimate of drug-likeness (QED) is 0.202. The fraction of sp³-hybridized carbons (Fsp3) is 0.818. The van der Waals surface area contributed by atoms with Crippen molar-refractivity contribution in [3.05, 3.63) is 0 Å². The normalized spacial score (nSPS) is 20.1. The Morgan fingerprint density at radius 3 is 1.54 bits per heavy atom. The molecule has 0 amide bonds. The van der Waals surface area contributed by atoms with Gasteiger partial charge in [0.2, 0.25) is 0 Å². The van der Waals surface area contributed by atoms with Crippen LogP contribution in [0.5, 0.6) is 0 Å². The Bertz CT molecular complexity index is 687. The highest BCUT2D eigenvalue weighted by Gasteiger charge is 2.31. The first kappa shape index (κ1) is 32.6. The average molecular weight is 537 g/mol. The van der Waals surface area contributed by atoms with Crippen LogP contribution in [0, 0.1) is 0 Å². The van der Waals surface area contributed by atoms with E-state index in [2.05, 4.69) is 0 Å². The zero-order chi connectivity index (χ0) is 27.6. The van der Waals surface area contributed by atoms with Crippen molar-refractivity contribution in [2.45, 2.75) is 18.3 Å². The van der Waals surface area contributed by atoms with Gasteiger partial charge >= 0.3 is 11.9 Å². The minimum atomic E-state index is -1.08. The molecule has 3 atom stereocenters. The van der Waals surface area contributed by atoms with Gasteiger partial charge in [0.15, 0.2) is 6.23 Å². The molecular formula is C22H40N4O11. The van der Waals surface area contributed by atoms with Crippen molar-refractivity contribution in [2.75, 3.05) is 100 Å². The highest BCUT2D eigenvalue weighted by molar-refractivity contribution is 5.74. The minimum absolute atomic E-state index is 0.0161. The first-order chi connectivity index (χ1) is 17.8. The van der Waals surface area contributed by atoms with Crippen LogP contribution in [0.1, 0.15) is 0 Å². The number of carbonyl (C=O) groups is 4. The summed E-state index contributed by atoms with van der Waals surface area (Å²) in [7, 11) is 4.29. The van der Waals surface area contributed by atoms with Gasteiger partial charge in [0.05, 0.1) is 19.8 Å². The van der Waals surface area contributed by atoms with Gasteiger partial charge in [0.25, 0.3) is 12.9 Å². The van der Waals surface area contributed by atoms with Crippen LogP contribution in [0.15, 0.2) is 0 Å². The third-order valence-electron chi connectivity index (χ3n) is 6.11. The molecule has 3 unspecified atom stereocenters. The van der Waals surface area contributed by atoms with E-state index in [0.717, 1.165) is 0 Å². The Labute approximate surface area is 216 Å². The highest BCUT2D eigenvalue weighted by Crippen LogP contribution is 2.11. The molecule has 1 fully saturated rings. The molecule has 1 heterocycles. The molecule has 0 aromatic heterocycles. The molecule has 1 saturated heterocycles. The maximum atomic E-state index is 12.1. The van der Waals surface area contributed by atoms with Crippen LogP contribution < -0.4 is 0 Å². The summed E-state index contributed by atoms with van der Waals surface area (Å²) >= 11 is 0. The molecule has 2 N–H and O–H groups in total. The fourth-order valence-corrected chi connectivity index (χ4v) is 4.10. The number of methoxy groups -OCH3 is 3. The Balaban J connectivity index is 3.32. The predicted octanol–water partition coefficient (Wildman–Crippen LogP) is -2.32. The summed E-state index contributed by atoms with van der Waals surface area (Å²) in [6, 6.07) is -1.94. The van der Waals surface area contributed by atoms with E-state index in [1.54, 1.807) is 9.80 Å². The Kier molecular flexibility index (Phi) is 16.6. The van der Waals surface area contributed by atoms with E-state index >= 15 is 0 Å². The molecule has 15 nitrogen and oxygen atoms in total. The highest BCUT2D eigenvalue weighted by atomic mass is 16.6. The number of aliphatic carboxylic acids is 2. The van der Waals surface area contributed by atoms with Crippen molar-refractivity contribution in [1.82, 2.24) is 19.6 Å². The number of hydrogen-bond acceptors (Lipinski definition) is 13. The smallest absolute Gasteiger partial charge is 0.323 e. The van der Waals surface area contributed by atoms with Gasteiger partial charge in [0, 0.05) is 73.7 Å². The van der Waals surface area contributed by atoms with E-state index in [4.69, 9.17) is 23.7 Å². The molecule has 0 aromatic rings. The number of rotatable bonds is 16. The van der Waals surface area contributed by atoms with Gasteiger partial charge in [-0.15, -0.1) is 0 Å². The van der Waals surface area contributed by atoms with Gasteiger partial charge in [-0.2, -0.15) is 0 Å². The summed E-state index contributed by atoms with van der Waals surface area (Å²) in [5.41, 5.74) is 0. The van der Waals surface area contributed by atoms with Crippen molar-refractivity contribution in [3.8, 4) is 0 Å². The van der Waals surface area contributed by atoms with Crippen LogP contribution >= 0.6 is 0 Å². The summed E-state index contributed by atoms with van der Waals surface area (Å²) in [6.45, 7) is 2.98. The molecule has 0 radical (unpaired) electrons. The molecule has 1 rings (SSSR count). The Morgan fingerprint density at radius 2 is 1.14 bits per heavy atom. The third kappa shape index (κ3) is 11.7. The summed E-state index contributed by atoms with van der Waals surface area (Å²) < 4.78 is 25.6. The Morgan fingerprint density at radius 1 is 0.703 bits per heavy atom. The molecule has 0 aromatic carbocycles. The summed E-state index contributed by atoms with van der Waals surface area (Å²) in [5, 5.41) is 19.7. The maximum Gasteiger partial charge on any atom is 0.323 e. The first-order valence-corrected chi connectivity index (χ1v) is 11.8. The van der Waals surface area contributed by atoms with Crippen LogP contribution in [-0.4, -0.2) is 173 Å². The van der Waals surface area contributed by atoms with E-state index < -0.39 is 30.3 Å². The number of carboxylic acids is 2. The minimum Gasteiger partial charge on any atom is -0.480 e. The second-order valence-electron chi connectivity index (χ2n) is 8.38. The van der Waals surface area contributed by atoms with Crippen LogP contribution in [0.4, 0.5) is 0 Å². The van der Waals surface area contributed by atoms with Gasteiger partial charge in [-0.1, -0.05) is 0 Å². The standard InChI is InChI=1S/C22H40N4O11/c1-33-12-18(21(29)30)24-6-4-23(15-36-16-27)5-7-26(20(14-35-3)37-17-28)11-10-25(9-8-24)19(13-34-2)22(31)32/h16-20H,4-15H2,1-3H3,(H,29,30)(H,31,32). The van der Waals surface area contributed by atoms with E-state index in [0.29, 0.717) is 39.1 Å². The molecule has 0 saturated carbocycles. The number of hydrogen-bond donors (Lipinski definition) is 2. The monoisotopic (exact) mass is 536 g/mol. The number of carbonyl (C=O) groups excluding carboxylic acids is 2. The predicted molar refractivity (Wildman–Crippen MR) is 128 cm³/mol. The van der Waals surface area contributed by atoms with Crippen molar-refractivity contribution in [1.29, 1.82) is 0 Å². The van der Waals surface area contributed by atoms with Gasteiger partial charge < -0.3 is 33.9 Å². The molecule has 15 heteroatoms.